The molecule has 0 aliphatic heterocycles. The Morgan fingerprint density at radius 3 is 2.71 bits per heavy atom. The number of nitrogens with zero attached hydrogens (tertiary/aromatic N) is 2. The molecule has 1 heterocycles. The lowest BCUT2D eigenvalue weighted by atomic mass is 10.1. The van der Waals surface area contributed by atoms with Crippen LogP contribution in [0.15, 0.2) is 42.9 Å². The number of nitrogens with two attached hydrogens (primary N) is 1. The molecule has 3 nitrogen and oxygen atoms in total. The summed E-state index contributed by atoms with van der Waals surface area (Å²) in [6.07, 6.45) is 6.02. The first-order valence-electron chi connectivity index (χ1n) is 6.14. The Kier molecular flexibility index (Phi) is 3.94. The molecule has 2 N–H and O–H groups in total. The minimum atomic E-state index is 0.345. The third-order valence-corrected chi connectivity index (χ3v) is 3.02. The van der Waals surface area contributed by atoms with Gasteiger partial charge < -0.3 is 10.3 Å². The van der Waals surface area contributed by atoms with E-state index in [-0.39, 0.29) is 0 Å². The number of imidazole rings is 1. The van der Waals surface area contributed by atoms with Crippen LogP contribution in [-0.2, 0) is 0 Å². The monoisotopic (exact) mass is 229 g/mol. The van der Waals surface area contributed by atoms with E-state index in [4.69, 9.17) is 5.73 Å². The van der Waals surface area contributed by atoms with E-state index in [1.165, 1.54) is 5.56 Å². The maximum Gasteiger partial charge on any atom is 0.0954 e. The van der Waals surface area contributed by atoms with E-state index >= 15 is 0 Å². The molecule has 0 fully saturated rings. The zero-order chi connectivity index (χ0) is 12.1. The van der Waals surface area contributed by atoms with Crippen LogP contribution in [0.3, 0.4) is 0 Å². The lowest BCUT2D eigenvalue weighted by Crippen LogP contribution is -2.19. The number of benzene rings is 1. The smallest absolute Gasteiger partial charge is 0.0954 e. The van der Waals surface area contributed by atoms with E-state index in [2.05, 4.69) is 28.6 Å². The summed E-state index contributed by atoms with van der Waals surface area (Å²) in [5.41, 5.74) is 8.19. The molecule has 0 saturated heterocycles. The zero-order valence-corrected chi connectivity index (χ0v) is 10.2. The highest BCUT2D eigenvalue weighted by molar-refractivity contribution is 5.58. The summed E-state index contributed by atoms with van der Waals surface area (Å²) in [6, 6.07) is 10.7. The van der Waals surface area contributed by atoms with Crippen LogP contribution in [0.5, 0.6) is 0 Å². The highest BCUT2D eigenvalue weighted by Crippen LogP contribution is 2.23. The molecular weight excluding hydrogens is 210 g/mol. The summed E-state index contributed by atoms with van der Waals surface area (Å²) < 4.78 is 2.19. The quantitative estimate of drug-likeness (QED) is 0.856. The van der Waals surface area contributed by atoms with Crippen molar-refractivity contribution < 1.29 is 0 Å². The normalized spacial score (nSPS) is 12.6. The van der Waals surface area contributed by atoms with E-state index in [1.54, 1.807) is 0 Å². The van der Waals surface area contributed by atoms with Crippen LogP contribution >= 0.6 is 0 Å². The maximum atomic E-state index is 5.85. The summed E-state index contributed by atoms with van der Waals surface area (Å²) in [5.74, 6) is 0. The highest BCUT2D eigenvalue weighted by Gasteiger charge is 2.12. The summed E-state index contributed by atoms with van der Waals surface area (Å²) in [4.78, 5) is 4.26. The molecule has 0 amide bonds. The Balaban J connectivity index is 2.34. The Bertz CT molecular complexity index is 448. The fourth-order valence-electron chi connectivity index (χ4n) is 2.13. The molecule has 0 aliphatic carbocycles. The molecule has 1 aromatic heterocycles. The first-order chi connectivity index (χ1) is 8.36. The third-order valence-electron chi connectivity index (χ3n) is 3.02. The van der Waals surface area contributed by atoms with Crippen molar-refractivity contribution in [3.63, 3.8) is 0 Å². The highest BCUT2D eigenvalue weighted by atomic mass is 15.1. The predicted molar refractivity (Wildman–Crippen MR) is 70.7 cm³/mol. The topological polar surface area (TPSA) is 43.8 Å². The number of hydrogen-bond donors (Lipinski definition) is 1. The van der Waals surface area contributed by atoms with Crippen molar-refractivity contribution in [3.8, 4) is 11.3 Å². The van der Waals surface area contributed by atoms with Gasteiger partial charge in [-0.3, -0.25) is 0 Å². The van der Waals surface area contributed by atoms with Crippen molar-refractivity contribution in [2.75, 3.05) is 6.54 Å². The molecular formula is C14H19N3. The van der Waals surface area contributed by atoms with Gasteiger partial charge in [0.1, 0.15) is 0 Å². The lowest BCUT2D eigenvalue weighted by molar-refractivity contribution is 0.473. The first-order valence-corrected chi connectivity index (χ1v) is 6.14. The fraction of sp³-hybridized carbons (Fsp3) is 0.357. The van der Waals surface area contributed by atoms with E-state index in [0.717, 1.165) is 18.5 Å². The predicted octanol–water partition coefficient (Wildman–Crippen LogP) is 2.85. The molecule has 0 saturated carbocycles. The molecule has 1 unspecified atom stereocenters. The Labute approximate surface area is 102 Å². The molecule has 2 aromatic rings. The van der Waals surface area contributed by atoms with Crippen molar-refractivity contribution in [2.24, 2.45) is 5.73 Å². The van der Waals surface area contributed by atoms with Gasteiger partial charge in [0.15, 0.2) is 0 Å². The van der Waals surface area contributed by atoms with Crippen LogP contribution in [0.2, 0.25) is 0 Å². The van der Waals surface area contributed by atoms with Gasteiger partial charge in [-0.25, -0.2) is 4.98 Å². The molecule has 3 heteroatoms. The van der Waals surface area contributed by atoms with Gasteiger partial charge in [0.05, 0.1) is 18.2 Å². The second-order valence-electron chi connectivity index (χ2n) is 4.23. The van der Waals surface area contributed by atoms with E-state index in [1.807, 2.05) is 30.7 Å². The van der Waals surface area contributed by atoms with Gasteiger partial charge in [-0.15, -0.1) is 0 Å². The van der Waals surface area contributed by atoms with Crippen LogP contribution in [0, 0.1) is 0 Å². The zero-order valence-electron chi connectivity index (χ0n) is 10.2. The van der Waals surface area contributed by atoms with Crippen LogP contribution in [0.25, 0.3) is 11.3 Å². The summed E-state index contributed by atoms with van der Waals surface area (Å²) in [7, 11) is 0. The van der Waals surface area contributed by atoms with Crippen molar-refractivity contribution in [3.05, 3.63) is 42.9 Å². The van der Waals surface area contributed by atoms with Gasteiger partial charge in [-0.05, 0) is 12.0 Å². The molecule has 0 aliphatic rings. The van der Waals surface area contributed by atoms with E-state index in [9.17, 15) is 0 Å². The molecule has 1 atom stereocenters. The van der Waals surface area contributed by atoms with E-state index in [0.29, 0.717) is 12.6 Å². The van der Waals surface area contributed by atoms with Gasteiger partial charge in [0.2, 0.25) is 0 Å². The van der Waals surface area contributed by atoms with E-state index < -0.39 is 0 Å². The second-order valence-corrected chi connectivity index (χ2v) is 4.23. The molecule has 1 aromatic carbocycles. The SMILES string of the molecule is CCCC(CN)n1cncc1-c1ccccc1. The van der Waals surface area contributed by atoms with Crippen LogP contribution in [-0.4, -0.2) is 16.1 Å². The van der Waals surface area contributed by atoms with Crippen molar-refractivity contribution in [2.45, 2.75) is 25.8 Å². The van der Waals surface area contributed by atoms with Gasteiger partial charge in [-0.2, -0.15) is 0 Å². The molecule has 17 heavy (non-hydrogen) atoms. The largest absolute Gasteiger partial charge is 0.328 e. The Hall–Kier alpha value is -1.61. The minimum Gasteiger partial charge on any atom is -0.328 e. The molecule has 0 radical (unpaired) electrons. The van der Waals surface area contributed by atoms with Gasteiger partial charge in [0, 0.05) is 12.6 Å². The van der Waals surface area contributed by atoms with Crippen molar-refractivity contribution in [1.82, 2.24) is 9.55 Å². The molecule has 0 spiro atoms. The molecule has 90 valence electrons. The lowest BCUT2D eigenvalue weighted by Gasteiger charge is -2.18. The number of aromatic nitrogens is 2. The second kappa shape index (κ2) is 5.64. The average molecular weight is 229 g/mol. The van der Waals surface area contributed by atoms with Gasteiger partial charge in [0.25, 0.3) is 0 Å². The van der Waals surface area contributed by atoms with Crippen LogP contribution < -0.4 is 5.73 Å². The Morgan fingerprint density at radius 2 is 2.06 bits per heavy atom. The molecule has 2 rings (SSSR count). The summed E-state index contributed by atoms with van der Waals surface area (Å²) in [6.45, 7) is 2.84. The third kappa shape index (κ3) is 2.56. The summed E-state index contributed by atoms with van der Waals surface area (Å²) >= 11 is 0. The average Bonchev–Trinajstić information content (AvgIpc) is 2.86. The first kappa shape index (κ1) is 11.9. The summed E-state index contributed by atoms with van der Waals surface area (Å²) in [5, 5.41) is 0. The van der Waals surface area contributed by atoms with Crippen LogP contribution in [0.1, 0.15) is 25.8 Å². The fourth-order valence-corrected chi connectivity index (χ4v) is 2.13. The van der Waals surface area contributed by atoms with Crippen molar-refractivity contribution >= 4 is 0 Å². The minimum absolute atomic E-state index is 0.345. The maximum absolute atomic E-state index is 5.85. The van der Waals surface area contributed by atoms with Crippen molar-refractivity contribution in [1.29, 1.82) is 0 Å². The number of rotatable bonds is 5. The number of hydrogen-bond acceptors (Lipinski definition) is 2. The van der Waals surface area contributed by atoms with Gasteiger partial charge >= 0.3 is 0 Å². The molecule has 0 bridgehead atoms. The van der Waals surface area contributed by atoms with Gasteiger partial charge in [-0.1, -0.05) is 43.7 Å². The van der Waals surface area contributed by atoms with Crippen LogP contribution in [0.4, 0.5) is 0 Å². The Morgan fingerprint density at radius 1 is 1.29 bits per heavy atom. The standard InChI is InChI=1S/C14H19N3/c1-2-6-13(9-15)17-11-16-10-14(17)12-7-4-3-5-8-12/h3-5,7-8,10-11,13H,2,6,9,15H2,1H3.